The highest BCUT2D eigenvalue weighted by Crippen LogP contribution is 2.19. The van der Waals surface area contributed by atoms with Gasteiger partial charge in [0.05, 0.1) is 7.11 Å². The van der Waals surface area contributed by atoms with E-state index in [2.05, 4.69) is 17.0 Å². The summed E-state index contributed by atoms with van der Waals surface area (Å²) in [5.41, 5.74) is 0. The number of methoxy groups -OCH3 is 1. The van der Waals surface area contributed by atoms with Gasteiger partial charge in [0.25, 0.3) is 0 Å². The Hall–Kier alpha value is -0.570. The second-order valence-corrected chi connectivity index (χ2v) is 2.91. The average molecular weight is 157 g/mol. The highest BCUT2D eigenvalue weighted by Gasteiger charge is 2.31. The van der Waals surface area contributed by atoms with Crippen molar-refractivity contribution in [3.05, 3.63) is 0 Å². The molecule has 0 saturated carbocycles. The summed E-state index contributed by atoms with van der Waals surface area (Å²) in [4.78, 5) is 11.1. The van der Waals surface area contributed by atoms with Crippen LogP contribution in [-0.2, 0) is 9.53 Å². The maximum Gasteiger partial charge on any atom is 0.323 e. The molecule has 0 bridgehead atoms. The Balaban J connectivity index is 2.49. The molecule has 64 valence electrons. The van der Waals surface area contributed by atoms with Crippen molar-refractivity contribution < 1.29 is 9.53 Å². The number of carbonyl (C=O) groups excluding carboxylic acids is 1. The van der Waals surface area contributed by atoms with E-state index in [4.69, 9.17) is 0 Å². The molecule has 1 saturated heterocycles. The molecule has 2 atom stereocenters. The third-order valence-corrected chi connectivity index (χ3v) is 2.33. The molecule has 1 heterocycles. The van der Waals surface area contributed by atoms with E-state index in [1.807, 2.05) is 0 Å². The SMILES string of the molecule is CCC1CCNC1C(=O)OC. The summed E-state index contributed by atoms with van der Waals surface area (Å²) in [6, 6.07) is -0.0509. The second kappa shape index (κ2) is 3.72. The highest BCUT2D eigenvalue weighted by atomic mass is 16.5. The average Bonchev–Trinajstić information content (AvgIpc) is 2.50. The second-order valence-electron chi connectivity index (χ2n) is 2.91. The van der Waals surface area contributed by atoms with Gasteiger partial charge in [-0.25, -0.2) is 0 Å². The van der Waals surface area contributed by atoms with Crippen molar-refractivity contribution in [2.45, 2.75) is 25.8 Å². The summed E-state index contributed by atoms with van der Waals surface area (Å²) >= 11 is 0. The number of esters is 1. The molecule has 0 radical (unpaired) electrons. The zero-order valence-corrected chi connectivity index (χ0v) is 7.09. The smallest absolute Gasteiger partial charge is 0.323 e. The molecule has 0 aliphatic carbocycles. The fourth-order valence-electron chi connectivity index (χ4n) is 1.60. The molecule has 3 heteroatoms. The van der Waals surface area contributed by atoms with Crippen LogP contribution in [0.3, 0.4) is 0 Å². The first-order valence-electron chi connectivity index (χ1n) is 4.10. The van der Waals surface area contributed by atoms with Crippen LogP contribution in [0, 0.1) is 5.92 Å². The minimum absolute atomic E-state index is 0.0509. The molecule has 0 spiro atoms. The number of nitrogens with one attached hydrogen (secondary N) is 1. The summed E-state index contributed by atoms with van der Waals surface area (Å²) in [7, 11) is 1.44. The quantitative estimate of drug-likeness (QED) is 0.595. The lowest BCUT2D eigenvalue weighted by molar-refractivity contribution is -0.143. The van der Waals surface area contributed by atoms with E-state index >= 15 is 0 Å². The Morgan fingerprint density at radius 2 is 2.45 bits per heavy atom. The Bertz CT molecular complexity index is 147. The molecule has 1 N–H and O–H groups in total. The fourth-order valence-corrected chi connectivity index (χ4v) is 1.60. The van der Waals surface area contributed by atoms with E-state index < -0.39 is 0 Å². The van der Waals surface area contributed by atoms with E-state index in [0.717, 1.165) is 19.4 Å². The Labute approximate surface area is 67.1 Å². The van der Waals surface area contributed by atoms with Crippen LogP contribution in [-0.4, -0.2) is 25.7 Å². The third-order valence-electron chi connectivity index (χ3n) is 2.33. The van der Waals surface area contributed by atoms with E-state index in [1.165, 1.54) is 7.11 Å². The van der Waals surface area contributed by atoms with Crippen LogP contribution in [0.2, 0.25) is 0 Å². The lowest BCUT2D eigenvalue weighted by Gasteiger charge is -2.14. The summed E-state index contributed by atoms with van der Waals surface area (Å²) in [6.45, 7) is 3.05. The van der Waals surface area contributed by atoms with Crippen molar-refractivity contribution >= 4 is 5.97 Å². The number of rotatable bonds is 2. The van der Waals surface area contributed by atoms with Crippen molar-refractivity contribution in [3.63, 3.8) is 0 Å². The van der Waals surface area contributed by atoms with Gasteiger partial charge in [-0.15, -0.1) is 0 Å². The van der Waals surface area contributed by atoms with Gasteiger partial charge in [0, 0.05) is 0 Å². The van der Waals surface area contributed by atoms with Gasteiger partial charge in [-0.2, -0.15) is 0 Å². The summed E-state index contributed by atoms with van der Waals surface area (Å²) in [6.07, 6.45) is 2.14. The van der Waals surface area contributed by atoms with Crippen LogP contribution in [0.1, 0.15) is 19.8 Å². The van der Waals surface area contributed by atoms with Gasteiger partial charge in [0.2, 0.25) is 0 Å². The van der Waals surface area contributed by atoms with Crippen LogP contribution >= 0.6 is 0 Å². The molecule has 1 aliphatic rings. The van der Waals surface area contributed by atoms with Crippen molar-refractivity contribution in [1.29, 1.82) is 0 Å². The maximum absolute atomic E-state index is 11.1. The lowest BCUT2D eigenvalue weighted by atomic mass is 9.98. The van der Waals surface area contributed by atoms with Gasteiger partial charge < -0.3 is 10.1 Å². The Morgan fingerprint density at radius 1 is 1.73 bits per heavy atom. The van der Waals surface area contributed by atoms with Crippen molar-refractivity contribution in [2.24, 2.45) is 5.92 Å². The van der Waals surface area contributed by atoms with E-state index in [0.29, 0.717) is 5.92 Å². The normalized spacial score (nSPS) is 30.4. The minimum atomic E-state index is -0.116. The lowest BCUT2D eigenvalue weighted by Crippen LogP contribution is -2.36. The fraction of sp³-hybridized carbons (Fsp3) is 0.875. The van der Waals surface area contributed by atoms with Crippen LogP contribution in [0.15, 0.2) is 0 Å². The number of ether oxygens (including phenoxy) is 1. The molecule has 2 unspecified atom stereocenters. The number of hydrogen-bond donors (Lipinski definition) is 1. The zero-order valence-electron chi connectivity index (χ0n) is 7.09. The third kappa shape index (κ3) is 1.71. The van der Waals surface area contributed by atoms with Crippen molar-refractivity contribution in [1.82, 2.24) is 5.32 Å². The number of carbonyl (C=O) groups is 1. The highest BCUT2D eigenvalue weighted by molar-refractivity contribution is 5.76. The minimum Gasteiger partial charge on any atom is -0.468 e. The molecule has 3 nitrogen and oxygen atoms in total. The van der Waals surface area contributed by atoms with Crippen molar-refractivity contribution in [2.75, 3.05) is 13.7 Å². The summed E-state index contributed by atoms with van der Waals surface area (Å²) in [5.74, 6) is 0.358. The molecule has 11 heavy (non-hydrogen) atoms. The first kappa shape index (κ1) is 8.53. The first-order chi connectivity index (χ1) is 5.29. The molecule has 0 amide bonds. The van der Waals surface area contributed by atoms with E-state index in [9.17, 15) is 4.79 Å². The topological polar surface area (TPSA) is 38.3 Å². The van der Waals surface area contributed by atoms with E-state index in [1.54, 1.807) is 0 Å². The maximum atomic E-state index is 11.1. The molecule has 0 aromatic carbocycles. The van der Waals surface area contributed by atoms with Gasteiger partial charge in [-0.05, 0) is 18.9 Å². The molecular weight excluding hydrogens is 142 g/mol. The first-order valence-corrected chi connectivity index (χ1v) is 4.10. The van der Waals surface area contributed by atoms with Crippen molar-refractivity contribution in [3.8, 4) is 0 Å². The van der Waals surface area contributed by atoms with Crippen LogP contribution in [0.5, 0.6) is 0 Å². The monoisotopic (exact) mass is 157 g/mol. The van der Waals surface area contributed by atoms with Gasteiger partial charge in [0.1, 0.15) is 6.04 Å². The Kier molecular flexibility index (Phi) is 2.88. The molecule has 1 fully saturated rings. The van der Waals surface area contributed by atoms with Crippen LogP contribution in [0.25, 0.3) is 0 Å². The van der Waals surface area contributed by atoms with Crippen LogP contribution in [0.4, 0.5) is 0 Å². The van der Waals surface area contributed by atoms with Gasteiger partial charge in [0.15, 0.2) is 0 Å². The predicted molar refractivity (Wildman–Crippen MR) is 42.2 cm³/mol. The standard InChI is InChI=1S/C8H15NO2/c1-3-6-4-5-9-7(6)8(10)11-2/h6-7,9H,3-5H2,1-2H3. The summed E-state index contributed by atoms with van der Waals surface area (Å²) in [5, 5.41) is 3.13. The Morgan fingerprint density at radius 3 is 3.00 bits per heavy atom. The van der Waals surface area contributed by atoms with Gasteiger partial charge >= 0.3 is 5.97 Å². The predicted octanol–water partition coefficient (Wildman–Crippen LogP) is 0.547. The van der Waals surface area contributed by atoms with Gasteiger partial charge in [-0.3, -0.25) is 4.79 Å². The molecule has 0 aromatic heterocycles. The van der Waals surface area contributed by atoms with E-state index in [-0.39, 0.29) is 12.0 Å². The number of hydrogen-bond acceptors (Lipinski definition) is 3. The molecule has 1 rings (SSSR count). The molecular formula is C8H15NO2. The molecule has 0 aromatic rings. The van der Waals surface area contributed by atoms with Gasteiger partial charge in [-0.1, -0.05) is 13.3 Å². The molecule has 1 aliphatic heterocycles. The summed E-state index contributed by atoms with van der Waals surface area (Å²) < 4.78 is 4.66. The van der Waals surface area contributed by atoms with Crippen LogP contribution < -0.4 is 5.32 Å². The largest absolute Gasteiger partial charge is 0.468 e. The zero-order chi connectivity index (χ0) is 8.27.